The van der Waals surface area contributed by atoms with Crippen molar-refractivity contribution in [1.82, 2.24) is 10.3 Å². The van der Waals surface area contributed by atoms with Gasteiger partial charge in [-0.1, -0.05) is 19.9 Å². The second-order valence-corrected chi connectivity index (χ2v) is 6.71. The number of anilines is 1. The summed E-state index contributed by atoms with van der Waals surface area (Å²) in [6.45, 7) is 7.94. The first-order chi connectivity index (χ1) is 9.72. The summed E-state index contributed by atoms with van der Waals surface area (Å²) in [5.41, 5.74) is 1.18. The van der Waals surface area contributed by atoms with E-state index in [9.17, 15) is 0 Å². The average molecular weight is 273 g/mol. The van der Waals surface area contributed by atoms with E-state index >= 15 is 0 Å². The molecule has 110 valence electrons. The van der Waals surface area contributed by atoms with E-state index in [2.05, 4.69) is 42.3 Å². The first kappa shape index (κ1) is 13.9. The molecule has 0 amide bonds. The van der Waals surface area contributed by atoms with Gasteiger partial charge in [0.15, 0.2) is 0 Å². The Bertz CT molecular complexity index is 432. The van der Waals surface area contributed by atoms with Gasteiger partial charge < -0.3 is 10.2 Å². The molecule has 3 rings (SSSR count). The predicted octanol–water partition coefficient (Wildman–Crippen LogP) is 3.21. The van der Waals surface area contributed by atoms with E-state index in [1.165, 1.54) is 37.2 Å². The summed E-state index contributed by atoms with van der Waals surface area (Å²) in [7, 11) is 0. The molecule has 0 radical (unpaired) electrons. The quantitative estimate of drug-likeness (QED) is 0.893. The summed E-state index contributed by atoms with van der Waals surface area (Å²) in [6, 6.07) is 7.21. The van der Waals surface area contributed by atoms with E-state index in [0.717, 1.165) is 37.5 Å². The fourth-order valence-corrected chi connectivity index (χ4v) is 3.07. The smallest absolute Gasteiger partial charge is 0.128 e. The number of aromatic nitrogens is 1. The van der Waals surface area contributed by atoms with Gasteiger partial charge >= 0.3 is 0 Å². The van der Waals surface area contributed by atoms with Gasteiger partial charge in [-0.15, -0.1) is 0 Å². The maximum Gasteiger partial charge on any atom is 0.128 e. The van der Waals surface area contributed by atoms with Gasteiger partial charge in [0.2, 0.25) is 0 Å². The molecule has 1 aliphatic heterocycles. The lowest BCUT2D eigenvalue weighted by Gasteiger charge is -2.34. The van der Waals surface area contributed by atoms with Crippen molar-refractivity contribution in [2.24, 2.45) is 11.8 Å². The second kappa shape index (κ2) is 6.13. The molecule has 0 unspecified atom stereocenters. The zero-order valence-corrected chi connectivity index (χ0v) is 12.8. The Morgan fingerprint density at radius 3 is 2.60 bits per heavy atom. The van der Waals surface area contributed by atoms with Crippen LogP contribution in [0.25, 0.3) is 0 Å². The van der Waals surface area contributed by atoms with Gasteiger partial charge in [0.1, 0.15) is 5.82 Å². The summed E-state index contributed by atoms with van der Waals surface area (Å²) in [5, 5.41) is 3.54. The number of piperidine rings is 1. The van der Waals surface area contributed by atoms with Crippen LogP contribution < -0.4 is 10.2 Å². The van der Waals surface area contributed by atoms with Crippen LogP contribution in [0.2, 0.25) is 0 Å². The van der Waals surface area contributed by atoms with Crippen LogP contribution in [-0.2, 0) is 6.54 Å². The summed E-state index contributed by atoms with van der Waals surface area (Å²) in [4.78, 5) is 7.29. The Balaban J connectivity index is 1.57. The fourth-order valence-electron chi connectivity index (χ4n) is 3.07. The van der Waals surface area contributed by atoms with Crippen molar-refractivity contribution in [3.8, 4) is 0 Å². The highest BCUT2D eigenvalue weighted by Crippen LogP contribution is 2.27. The normalized spacial score (nSPS) is 20.6. The molecule has 0 aromatic carbocycles. The van der Waals surface area contributed by atoms with Crippen molar-refractivity contribution in [2.45, 2.75) is 52.1 Å². The molecule has 0 bridgehead atoms. The molecule has 1 saturated heterocycles. The van der Waals surface area contributed by atoms with Crippen molar-refractivity contribution >= 4 is 5.82 Å². The number of nitrogens with zero attached hydrogens (tertiary/aromatic N) is 2. The Labute approximate surface area is 122 Å². The predicted molar refractivity (Wildman–Crippen MR) is 83.9 cm³/mol. The topological polar surface area (TPSA) is 28.2 Å². The summed E-state index contributed by atoms with van der Waals surface area (Å²) >= 11 is 0. The molecule has 2 heterocycles. The molecule has 2 fully saturated rings. The van der Waals surface area contributed by atoms with Crippen molar-refractivity contribution in [3.63, 3.8) is 0 Å². The maximum atomic E-state index is 4.83. The van der Waals surface area contributed by atoms with E-state index in [4.69, 9.17) is 4.98 Å². The van der Waals surface area contributed by atoms with Crippen LogP contribution in [0.5, 0.6) is 0 Å². The van der Waals surface area contributed by atoms with Crippen molar-refractivity contribution < 1.29 is 0 Å². The lowest BCUT2D eigenvalue weighted by molar-refractivity contribution is 0.310. The monoisotopic (exact) mass is 273 g/mol. The Kier molecular flexibility index (Phi) is 4.25. The third-order valence-electron chi connectivity index (χ3n) is 4.75. The van der Waals surface area contributed by atoms with E-state index in [0.29, 0.717) is 0 Å². The van der Waals surface area contributed by atoms with Crippen molar-refractivity contribution in [1.29, 1.82) is 0 Å². The van der Waals surface area contributed by atoms with Gasteiger partial charge in [0.25, 0.3) is 0 Å². The van der Waals surface area contributed by atoms with Crippen LogP contribution in [0.1, 0.15) is 45.2 Å². The minimum Gasteiger partial charge on any atom is -0.357 e. The van der Waals surface area contributed by atoms with Gasteiger partial charge in [-0.05, 0) is 49.7 Å². The molecule has 20 heavy (non-hydrogen) atoms. The number of hydrogen-bond donors (Lipinski definition) is 1. The first-order valence-electron chi connectivity index (χ1n) is 8.16. The van der Waals surface area contributed by atoms with Gasteiger partial charge in [-0.25, -0.2) is 4.98 Å². The van der Waals surface area contributed by atoms with Crippen LogP contribution >= 0.6 is 0 Å². The first-order valence-corrected chi connectivity index (χ1v) is 8.16. The van der Waals surface area contributed by atoms with Gasteiger partial charge in [-0.3, -0.25) is 0 Å². The standard InChI is InChI=1S/C17H27N3/c1-13(2)14-8-10-20(11-9-14)17-5-3-4-16(19-17)12-18-15-6-7-15/h3-5,13-15,18H,6-12H2,1-2H3. The third-order valence-corrected chi connectivity index (χ3v) is 4.75. The van der Waals surface area contributed by atoms with Gasteiger partial charge in [0.05, 0.1) is 5.69 Å². The van der Waals surface area contributed by atoms with Crippen LogP contribution in [0.15, 0.2) is 18.2 Å². The highest BCUT2D eigenvalue weighted by atomic mass is 15.2. The lowest BCUT2D eigenvalue weighted by Crippen LogP contribution is -2.35. The lowest BCUT2D eigenvalue weighted by atomic mass is 9.87. The molecular formula is C17H27N3. The second-order valence-electron chi connectivity index (χ2n) is 6.71. The Morgan fingerprint density at radius 1 is 1.20 bits per heavy atom. The van der Waals surface area contributed by atoms with E-state index < -0.39 is 0 Å². The zero-order valence-electron chi connectivity index (χ0n) is 12.8. The van der Waals surface area contributed by atoms with Crippen LogP contribution in [0.3, 0.4) is 0 Å². The molecule has 1 aliphatic carbocycles. The summed E-state index contributed by atoms with van der Waals surface area (Å²) in [6.07, 6.45) is 5.29. The molecule has 1 saturated carbocycles. The molecule has 1 aromatic rings. The molecule has 1 aromatic heterocycles. The van der Waals surface area contributed by atoms with E-state index in [-0.39, 0.29) is 0 Å². The van der Waals surface area contributed by atoms with E-state index in [1.807, 2.05) is 0 Å². The molecule has 0 spiro atoms. The SMILES string of the molecule is CC(C)C1CCN(c2cccc(CNC3CC3)n2)CC1. The van der Waals surface area contributed by atoms with Crippen molar-refractivity contribution in [2.75, 3.05) is 18.0 Å². The molecule has 3 heteroatoms. The molecule has 0 atom stereocenters. The Hall–Kier alpha value is -1.09. The summed E-state index contributed by atoms with van der Waals surface area (Å²) < 4.78 is 0. The minimum atomic E-state index is 0.752. The van der Waals surface area contributed by atoms with Crippen LogP contribution in [-0.4, -0.2) is 24.1 Å². The summed E-state index contributed by atoms with van der Waals surface area (Å²) in [5.74, 6) is 2.88. The van der Waals surface area contributed by atoms with Crippen molar-refractivity contribution in [3.05, 3.63) is 23.9 Å². The highest BCUT2D eigenvalue weighted by molar-refractivity contribution is 5.39. The maximum absolute atomic E-state index is 4.83. The average Bonchev–Trinajstić information content (AvgIpc) is 3.30. The number of pyridine rings is 1. The van der Waals surface area contributed by atoms with Gasteiger partial charge in [0, 0.05) is 25.7 Å². The highest BCUT2D eigenvalue weighted by Gasteiger charge is 2.23. The third kappa shape index (κ3) is 3.51. The van der Waals surface area contributed by atoms with E-state index in [1.54, 1.807) is 0 Å². The van der Waals surface area contributed by atoms with Gasteiger partial charge in [-0.2, -0.15) is 0 Å². The number of rotatable bonds is 5. The Morgan fingerprint density at radius 2 is 1.95 bits per heavy atom. The molecule has 2 aliphatic rings. The number of hydrogen-bond acceptors (Lipinski definition) is 3. The fraction of sp³-hybridized carbons (Fsp3) is 0.706. The molecular weight excluding hydrogens is 246 g/mol. The number of nitrogens with one attached hydrogen (secondary N) is 1. The zero-order chi connectivity index (χ0) is 13.9. The largest absolute Gasteiger partial charge is 0.357 e. The molecule has 1 N–H and O–H groups in total. The van der Waals surface area contributed by atoms with Crippen LogP contribution in [0.4, 0.5) is 5.82 Å². The minimum absolute atomic E-state index is 0.752. The van der Waals surface area contributed by atoms with Crippen LogP contribution in [0, 0.1) is 11.8 Å². The molecule has 3 nitrogen and oxygen atoms in total.